The number of allylic oxidation sites excluding steroid dienone is 2. The summed E-state index contributed by atoms with van der Waals surface area (Å²) in [6.45, 7) is 2.75. The first-order valence-corrected chi connectivity index (χ1v) is 10.4. The topological polar surface area (TPSA) is 55.4 Å². The van der Waals surface area contributed by atoms with E-state index in [2.05, 4.69) is 18.3 Å². The van der Waals surface area contributed by atoms with E-state index in [1.54, 1.807) is 11.3 Å². The van der Waals surface area contributed by atoms with Crippen LogP contribution in [0, 0.1) is 0 Å². The molecule has 2 atom stereocenters. The lowest BCUT2D eigenvalue weighted by Gasteiger charge is -2.34. The van der Waals surface area contributed by atoms with Crippen molar-refractivity contribution in [1.82, 2.24) is 5.32 Å². The van der Waals surface area contributed by atoms with Gasteiger partial charge in [-0.05, 0) is 42.0 Å². The third kappa shape index (κ3) is 3.69. The Morgan fingerprint density at radius 2 is 1.93 bits per heavy atom. The number of nitrogens with one attached hydrogen (secondary N) is 1. The fraction of sp³-hybridized carbons (Fsp3) is 0.364. The van der Waals surface area contributed by atoms with Gasteiger partial charge in [0.1, 0.15) is 5.75 Å². The predicted molar refractivity (Wildman–Crippen MR) is 106 cm³/mol. The van der Waals surface area contributed by atoms with Gasteiger partial charge in [-0.15, -0.1) is 11.3 Å². The summed E-state index contributed by atoms with van der Waals surface area (Å²) in [5.74, 6) is 0.976. The highest BCUT2D eigenvalue weighted by molar-refractivity contribution is 7.10. The zero-order chi connectivity index (χ0) is 18.8. The number of benzene rings is 1. The molecular formula is C22H23NO3S. The van der Waals surface area contributed by atoms with Crippen molar-refractivity contribution in [3.63, 3.8) is 0 Å². The quantitative estimate of drug-likeness (QED) is 0.827. The Kier molecular flexibility index (Phi) is 5.12. The Balaban J connectivity index is 1.62. The molecule has 2 heterocycles. The second-order valence-corrected chi connectivity index (χ2v) is 8.14. The lowest BCUT2D eigenvalue weighted by atomic mass is 9.75. The molecule has 0 saturated carbocycles. The number of carbonyl (C=O) groups is 2. The molecule has 0 fully saturated rings. The molecule has 1 amide bonds. The maximum atomic E-state index is 13.0. The largest absolute Gasteiger partial charge is 0.494 e. The zero-order valence-electron chi connectivity index (χ0n) is 15.4. The summed E-state index contributed by atoms with van der Waals surface area (Å²) >= 11 is 1.68. The minimum absolute atomic E-state index is 0.00955. The Morgan fingerprint density at radius 3 is 2.63 bits per heavy atom. The highest BCUT2D eigenvalue weighted by Crippen LogP contribution is 2.43. The van der Waals surface area contributed by atoms with Crippen molar-refractivity contribution in [3.8, 4) is 5.75 Å². The van der Waals surface area contributed by atoms with Crippen LogP contribution in [-0.4, -0.2) is 18.3 Å². The van der Waals surface area contributed by atoms with Crippen LogP contribution in [0.5, 0.6) is 5.75 Å². The molecule has 0 bridgehead atoms. The number of rotatable bonds is 5. The average Bonchev–Trinajstić information content (AvgIpc) is 3.20. The van der Waals surface area contributed by atoms with Gasteiger partial charge >= 0.3 is 0 Å². The Hall–Kier alpha value is -2.40. The van der Waals surface area contributed by atoms with Gasteiger partial charge in [-0.1, -0.05) is 25.1 Å². The summed E-state index contributed by atoms with van der Waals surface area (Å²) in [4.78, 5) is 26.5. The first-order chi connectivity index (χ1) is 13.2. The molecule has 1 N–H and O–H groups in total. The normalized spacial score (nSPS) is 22.4. The van der Waals surface area contributed by atoms with E-state index in [4.69, 9.17) is 4.74 Å². The number of hydrogen-bond donors (Lipinski definition) is 1. The third-order valence-corrected chi connectivity index (χ3v) is 6.27. The maximum absolute atomic E-state index is 13.0. The lowest BCUT2D eigenvalue weighted by molar-refractivity contribution is -0.122. The van der Waals surface area contributed by atoms with Crippen LogP contribution >= 0.6 is 11.3 Å². The number of ketones is 1. The number of thiophene rings is 1. The predicted octanol–water partition coefficient (Wildman–Crippen LogP) is 4.54. The van der Waals surface area contributed by atoms with Crippen molar-refractivity contribution in [2.45, 2.75) is 44.4 Å². The number of carbonyl (C=O) groups excluding carboxylic acids is 2. The highest BCUT2D eigenvalue weighted by atomic mass is 32.1. The molecule has 27 heavy (non-hydrogen) atoms. The Labute approximate surface area is 163 Å². The zero-order valence-corrected chi connectivity index (χ0v) is 16.2. The molecule has 2 unspecified atom stereocenters. The summed E-state index contributed by atoms with van der Waals surface area (Å²) in [6.07, 6.45) is 2.52. The number of ether oxygens (including phenoxy) is 1. The van der Waals surface area contributed by atoms with Crippen molar-refractivity contribution < 1.29 is 14.3 Å². The van der Waals surface area contributed by atoms with E-state index < -0.39 is 0 Å². The van der Waals surface area contributed by atoms with Gasteiger partial charge in [-0.2, -0.15) is 0 Å². The number of hydrogen-bond acceptors (Lipinski definition) is 4. The van der Waals surface area contributed by atoms with E-state index >= 15 is 0 Å². The van der Waals surface area contributed by atoms with Crippen molar-refractivity contribution in [3.05, 3.63) is 63.5 Å². The van der Waals surface area contributed by atoms with Gasteiger partial charge in [0, 0.05) is 40.8 Å². The molecule has 4 rings (SSSR count). The molecule has 2 aromatic rings. The summed E-state index contributed by atoms with van der Waals surface area (Å²) in [6, 6.07) is 11.9. The van der Waals surface area contributed by atoms with Crippen LogP contribution in [0.2, 0.25) is 0 Å². The second kappa shape index (κ2) is 7.69. The summed E-state index contributed by atoms with van der Waals surface area (Å²) in [5.41, 5.74) is 2.62. The molecule has 0 spiro atoms. The molecule has 2 aliphatic rings. The van der Waals surface area contributed by atoms with Crippen LogP contribution in [0.25, 0.3) is 0 Å². The van der Waals surface area contributed by atoms with Crippen molar-refractivity contribution >= 4 is 23.0 Å². The van der Waals surface area contributed by atoms with Crippen LogP contribution in [-0.2, 0) is 9.59 Å². The maximum Gasteiger partial charge on any atom is 0.225 e. The molecule has 0 radical (unpaired) electrons. The van der Waals surface area contributed by atoms with Crippen LogP contribution < -0.4 is 10.1 Å². The van der Waals surface area contributed by atoms with Gasteiger partial charge in [0.25, 0.3) is 0 Å². The van der Waals surface area contributed by atoms with Crippen LogP contribution in [0.4, 0.5) is 0 Å². The molecule has 140 valence electrons. The Morgan fingerprint density at radius 1 is 1.11 bits per heavy atom. The highest BCUT2D eigenvalue weighted by Gasteiger charge is 2.38. The van der Waals surface area contributed by atoms with Gasteiger partial charge in [0.05, 0.1) is 6.61 Å². The van der Waals surface area contributed by atoms with E-state index in [1.807, 2.05) is 35.7 Å². The number of amides is 1. The molecule has 4 nitrogen and oxygen atoms in total. The van der Waals surface area contributed by atoms with E-state index in [9.17, 15) is 9.59 Å². The fourth-order valence-electron chi connectivity index (χ4n) is 3.99. The van der Waals surface area contributed by atoms with Gasteiger partial charge in [-0.25, -0.2) is 0 Å². The molecule has 1 aliphatic heterocycles. The SMILES string of the molecule is CCCOc1ccc(C2CC(=O)NC3=C2C(=O)CC(c2cccs2)C3)cc1. The van der Waals surface area contributed by atoms with Crippen LogP contribution in [0.3, 0.4) is 0 Å². The minimum Gasteiger partial charge on any atom is -0.494 e. The summed E-state index contributed by atoms with van der Waals surface area (Å²) in [5, 5.41) is 5.02. The van der Waals surface area contributed by atoms with E-state index in [0.717, 1.165) is 35.4 Å². The van der Waals surface area contributed by atoms with Crippen molar-refractivity contribution in [2.75, 3.05) is 6.61 Å². The number of Topliss-reactive ketones (excluding diaryl/α,β-unsaturated/α-hetero) is 1. The molecular weight excluding hydrogens is 358 g/mol. The van der Waals surface area contributed by atoms with Gasteiger partial charge in [-0.3, -0.25) is 9.59 Å². The van der Waals surface area contributed by atoms with E-state index in [0.29, 0.717) is 19.4 Å². The summed E-state index contributed by atoms with van der Waals surface area (Å²) < 4.78 is 5.64. The standard InChI is InChI=1S/C22H23NO3S/c1-2-9-26-16-7-5-14(6-8-16)17-13-21(25)23-18-11-15(12-19(24)22(17)18)20-4-3-10-27-20/h3-8,10,15,17H,2,9,11-13H2,1H3,(H,23,25). The third-order valence-electron chi connectivity index (χ3n) is 5.24. The first-order valence-electron chi connectivity index (χ1n) is 9.48. The van der Waals surface area contributed by atoms with E-state index in [1.165, 1.54) is 4.88 Å². The van der Waals surface area contributed by atoms with Crippen LogP contribution in [0.1, 0.15) is 54.9 Å². The average molecular weight is 381 g/mol. The summed E-state index contributed by atoms with van der Waals surface area (Å²) in [7, 11) is 0. The lowest BCUT2D eigenvalue weighted by Crippen LogP contribution is -2.38. The Bertz CT molecular complexity index is 867. The fourth-order valence-corrected chi connectivity index (χ4v) is 4.82. The van der Waals surface area contributed by atoms with Crippen molar-refractivity contribution in [2.24, 2.45) is 0 Å². The molecule has 1 aliphatic carbocycles. The molecule has 1 aromatic carbocycles. The molecule has 0 saturated heterocycles. The van der Waals surface area contributed by atoms with Crippen LogP contribution in [0.15, 0.2) is 53.0 Å². The molecule has 5 heteroatoms. The van der Waals surface area contributed by atoms with Crippen molar-refractivity contribution in [1.29, 1.82) is 0 Å². The van der Waals surface area contributed by atoms with Gasteiger partial charge in [0.15, 0.2) is 5.78 Å². The first kappa shape index (κ1) is 18.0. The van der Waals surface area contributed by atoms with Gasteiger partial charge < -0.3 is 10.1 Å². The molecule has 1 aromatic heterocycles. The smallest absolute Gasteiger partial charge is 0.225 e. The monoisotopic (exact) mass is 381 g/mol. The second-order valence-electron chi connectivity index (χ2n) is 7.16. The van der Waals surface area contributed by atoms with E-state index in [-0.39, 0.29) is 23.5 Å². The van der Waals surface area contributed by atoms with Gasteiger partial charge in [0.2, 0.25) is 5.91 Å². The minimum atomic E-state index is -0.161.